The van der Waals surface area contributed by atoms with Crippen LogP contribution in [0, 0.1) is 17.2 Å². The molecule has 2 heteroatoms. The third-order valence-electron chi connectivity index (χ3n) is 3.62. The van der Waals surface area contributed by atoms with Crippen molar-refractivity contribution in [1.29, 1.82) is 5.26 Å². The summed E-state index contributed by atoms with van der Waals surface area (Å²) in [5, 5.41) is 8.58. The molecule has 1 saturated heterocycles. The van der Waals surface area contributed by atoms with Crippen molar-refractivity contribution in [3.05, 3.63) is 35.9 Å². The Morgan fingerprint density at radius 1 is 1.18 bits per heavy atom. The molecule has 2 rings (SSSR count). The van der Waals surface area contributed by atoms with Crippen molar-refractivity contribution in [2.24, 2.45) is 5.92 Å². The van der Waals surface area contributed by atoms with Crippen molar-refractivity contribution in [2.75, 3.05) is 13.1 Å². The molecule has 1 fully saturated rings. The minimum Gasteiger partial charge on any atom is -0.299 e. The van der Waals surface area contributed by atoms with E-state index in [0.29, 0.717) is 0 Å². The van der Waals surface area contributed by atoms with Crippen LogP contribution in [0.1, 0.15) is 31.2 Å². The first-order valence-electron chi connectivity index (χ1n) is 6.51. The van der Waals surface area contributed by atoms with E-state index in [4.69, 9.17) is 5.26 Å². The van der Waals surface area contributed by atoms with Gasteiger partial charge in [0.2, 0.25) is 0 Å². The molecular weight excluding hydrogens is 208 g/mol. The Morgan fingerprint density at radius 3 is 2.53 bits per heavy atom. The van der Waals surface area contributed by atoms with Crippen molar-refractivity contribution in [2.45, 2.75) is 32.2 Å². The van der Waals surface area contributed by atoms with Crippen LogP contribution in [0.25, 0.3) is 0 Å². The van der Waals surface area contributed by atoms with E-state index in [2.05, 4.69) is 41.3 Å². The molecule has 0 atom stereocenters. The predicted molar refractivity (Wildman–Crippen MR) is 69.3 cm³/mol. The zero-order valence-corrected chi connectivity index (χ0v) is 10.3. The Bertz CT molecular complexity index is 358. The Hall–Kier alpha value is -1.33. The first-order valence-corrected chi connectivity index (χ1v) is 6.51. The summed E-state index contributed by atoms with van der Waals surface area (Å²) in [4.78, 5) is 2.53. The lowest BCUT2D eigenvalue weighted by atomic mass is 9.92. The number of likely N-dealkylation sites (tertiary alicyclic amines) is 1. The van der Waals surface area contributed by atoms with Crippen LogP contribution in [0.2, 0.25) is 0 Å². The lowest BCUT2D eigenvalue weighted by molar-refractivity contribution is 0.173. The number of hydrogen-bond acceptors (Lipinski definition) is 2. The molecule has 0 saturated carbocycles. The van der Waals surface area contributed by atoms with Crippen LogP contribution in [-0.2, 0) is 6.54 Å². The largest absolute Gasteiger partial charge is 0.299 e. The van der Waals surface area contributed by atoms with Crippen LogP contribution >= 0.6 is 0 Å². The maximum Gasteiger partial charge on any atom is 0.0621 e. The number of benzene rings is 1. The van der Waals surface area contributed by atoms with Gasteiger partial charge in [0.25, 0.3) is 0 Å². The highest BCUT2D eigenvalue weighted by molar-refractivity contribution is 5.14. The van der Waals surface area contributed by atoms with Crippen molar-refractivity contribution in [3.63, 3.8) is 0 Å². The summed E-state index contributed by atoms with van der Waals surface area (Å²) in [5.74, 6) is 0.779. The van der Waals surface area contributed by atoms with Gasteiger partial charge in [0.1, 0.15) is 0 Å². The summed E-state index contributed by atoms with van der Waals surface area (Å²) in [5.41, 5.74) is 1.41. The fourth-order valence-electron chi connectivity index (χ4n) is 2.54. The lowest BCUT2D eigenvalue weighted by Crippen LogP contribution is -2.33. The maximum absolute atomic E-state index is 8.58. The lowest BCUT2D eigenvalue weighted by Gasteiger charge is -2.31. The zero-order chi connectivity index (χ0) is 11.9. The molecule has 0 N–H and O–H groups in total. The first-order chi connectivity index (χ1) is 8.38. The number of nitriles is 1. The molecule has 1 aromatic carbocycles. The Balaban J connectivity index is 1.74. The SMILES string of the molecule is N#CCCC1CCN(Cc2ccccc2)CC1. The summed E-state index contributed by atoms with van der Waals surface area (Å²) < 4.78 is 0. The van der Waals surface area contributed by atoms with Crippen LogP contribution in [0.4, 0.5) is 0 Å². The number of rotatable bonds is 4. The van der Waals surface area contributed by atoms with Crippen molar-refractivity contribution in [1.82, 2.24) is 4.90 Å². The zero-order valence-electron chi connectivity index (χ0n) is 10.3. The summed E-state index contributed by atoms with van der Waals surface area (Å²) in [7, 11) is 0. The van der Waals surface area contributed by atoms with E-state index in [1.807, 2.05) is 0 Å². The van der Waals surface area contributed by atoms with E-state index in [9.17, 15) is 0 Å². The fraction of sp³-hybridized carbons (Fsp3) is 0.533. The molecular formula is C15H20N2. The van der Waals surface area contributed by atoms with Gasteiger partial charge in [0.05, 0.1) is 6.07 Å². The molecule has 1 aromatic rings. The molecule has 17 heavy (non-hydrogen) atoms. The fourth-order valence-corrected chi connectivity index (χ4v) is 2.54. The molecule has 1 aliphatic rings. The van der Waals surface area contributed by atoms with Crippen LogP contribution in [0.15, 0.2) is 30.3 Å². The topological polar surface area (TPSA) is 27.0 Å². The van der Waals surface area contributed by atoms with Gasteiger partial charge in [-0.25, -0.2) is 0 Å². The van der Waals surface area contributed by atoms with Crippen molar-refractivity contribution in [3.8, 4) is 6.07 Å². The van der Waals surface area contributed by atoms with E-state index in [0.717, 1.165) is 25.3 Å². The van der Waals surface area contributed by atoms with Crippen molar-refractivity contribution < 1.29 is 0 Å². The predicted octanol–water partition coefficient (Wildman–Crippen LogP) is 3.20. The third-order valence-corrected chi connectivity index (χ3v) is 3.62. The molecule has 90 valence electrons. The highest BCUT2D eigenvalue weighted by Crippen LogP contribution is 2.22. The Kier molecular flexibility index (Phi) is 4.58. The average Bonchev–Trinajstić information content (AvgIpc) is 2.39. The minimum atomic E-state index is 0.726. The highest BCUT2D eigenvalue weighted by atomic mass is 15.1. The van der Waals surface area contributed by atoms with Crippen LogP contribution in [0.5, 0.6) is 0 Å². The van der Waals surface area contributed by atoms with E-state index in [-0.39, 0.29) is 0 Å². The monoisotopic (exact) mass is 228 g/mol. The minimum absolute atomic E-state index is 0.726. The summed E-state index contributed by atoms with van der Waals surface area (Å²) in [6.45, 7) is 3.45. The molecule has 1 aliphatic heterocycles. The van der Waals surface area contributed by atoms with Crippen molar-refractivity contribution >= 4 is 0 Å². The molecule has 0 unspecified atom stereocenters. The van der Waals surface area contributed by atoms with E-state index >= 15 is 0 Å². The molecule has 0 amide bonds. The van der Waals surface area contributed by atoms with Gasteiger partial charge in [0, 0.05) is 13.0 Å². The van der Waals surface area contributed by atoms with E-state index < -0.39 is 0 Å². The summed E-state index contributed by atoms with van der Waals surface area (Å²) >= 11 is 0. The van der Waals surface area contributed by atoms with Gasteiger partial charge in [0.15, 0.2) is 0 Å². The Morgan fingerprint density at radius 2 is 1.88 bits per heavy atom. The average molecular weight is 228 g/mol. The second kappa shape index (κ2) is 6.42. The molecule has 0 aliphatic carbocycles. The van der Waals surface area contributed by atoms with Crippen LogP contribution in [-0.4, -0.2) is 18.0 Å². The van der Waals surface area contributed by atoms with Gasteiger partial charge in [-0.15, -0.1) is 0 Å². The summed E-state index contributed by atoms with van der Waals surface area (Å²) in [6, 6.07) is 12.9. The van der Waals surface area contributed by atoms with Gasteiger partial charge in [-0.1, -0.05) is 30.3 Å². The second-order valence-electron chi connectivity index (χ2n) is 4.90. The smallest absolute Gasteiger partial charge is 0.0621 e. The number of piperidine rings is 1. The molecule has 0 bridgehead atoms. The maximum atomic E-state index is 8.58. The first kappa shape index (κ1) is 12.1. The van der Waals surface area contributed by atoms with Crippen LogP contribution in [0.3, 0.4) is 0 Å². The molecule has 0 radical (unpaired) electrons. The second-order valence-corrected chi connectivity index (χ2v) is 4.90. The van der Waals surface area contributed by atoms with E-state index in [1.165, 1.54) is 31.5 Å². The number of hydrogen-bond donors (Lipinski definition) is 0. The molecule has 1 heterocycles. The molecule has 2 nitrogen and oxygen atoms in total. The molecule has 0 aromatic heterocycles. The van der Waals surface area contributed by atoms with Gasteiger partial charge < -0.3 is 0 Å². The quantitative estimate of drug-likeness (QED) is 0.791. The standard InChI is InChI=1S/C15H20N2/c16-10-4-7-14-8-11-17(12-9-14)13-15-5-2-1-3-6-15/h1-3,5-6,14H,4,7-9,11-13H2. The highest BCUT2D eigenvalue weighted by Gasteiger charge is 2.18. The number of nitrogens with zero attached hydrogens (tertiary/aromatic N) is 2. The van der Waals surface area contributed by atoms with E-state index in [1.54, 1.807) is 0 Å². The van der Waals surface area contributed by atoms with Gasteiger partial charge in [-0.05, 0) is 43.8 Å². The van der Waals surface area contributed by atoms with Gasteiger partial charge in [-0.2, -0.15) is 5.26 Å². The summed E-state index contributed by atoms with van der Waals surface area (Å²) in [6.07, 6.45) is 4.34. The normalized spacial score (nSPS) is 17.8. The van der Waals surface area contributed by atoms with Gasteiger partial charge in [-0.3, -0.25) is 4.90 Å². The van der Waals surface area contributed by atoms with Crippen LogP contribution < -0.4 is 0 Å². The Labute approximate surface area is 104 Å². The molecule has 0 spiro atoms. The van der Waals surface area contributed by atoms with Gasteiger partial charge >= 0.3 is 0 Å². The third kappa shape index (κ3) is 3.87.